The molecule has 3 N–H and O–H groups in total. The lowest BCUT2D eigenvalue weighted by atomic mass is 10.4. The molecule has 0 unspecified atom stereocenters. The zero-order valence-corrected chi connectivity index (χ0v) is 7.26. The largest absolute Gasteiger partial charge is 0.504 e. The third kappa shape index (κ3) is 0.711. The van der Waals surface area contributed by atoms with Crippen LogP contribution in [0.1, 0.15) is 0 Å². The van der Waals surface area contributed by atoms with Gasteiger partial charge in [0.1, 0.15) is 11.9 Å². The Bertz CT molecular complexity index is 418. The minimum atomic E-state index is 0.0908. The summed E-state index contributed by atoms with van der Waals surface area (Å²) in [4.78, 5) is 5.81. The second-order valence-electron chi connectivity index (χ2n) is 2.35. The molecule has 0 fully saturated rings. The van der Waals surface area contributed by atoms with Crippen LogP contribution in [0, 0.1) is 0 Å². The van der Waals surface area contributed by atoms with E-state index in [1.165, 1.54) is 23.2 Å². The molecule has 0 saturated carbocycles. The smallest absolute Gasteiger partial charge is 0.184 e. The molecule has 0 saturated heterocycles. The van der Waals surface area contributed by atoms with E-state index in [0.717, 1.165) is 10.2 Å². The lowest BCUT2D eigenvalue weighted by molar-refractivity contribution is 0.185. The SMILES string of the molecule is COn1c(N)c(O)c2ccsc21. The van der Waals surface area contributed by atoms with Crippen molar-refractivity contribution in [3.8, 4) is 5.75 Å². The monoisotopic (exact) mass is 184 g/mol. The first kappa shape index (κ1) is 7.30. The van der Waals surface area contributed by atoms with Gasteiger partial charge in [-0.15, -0.1) is 11.3 Å². The number of nitrogen functional groups attached to an aromatic ring is 1. The van der Waals surface area contributed by atoms with E-state index in [4.69, 9.17) is 10.6 Å². The number of hydrogen-bond acceptors (Lipinski definition) is 4. The van der Waals surface area contributed by atoms with Crippen molar-refractivity contribution in [2.24, 2.45) is 0 Å². The van der Waals surface area contributed by atoms with Crippen LogP contribution in [0.5, 0.6) is 5.75 Å². The third-order valence-corrected chi connectivity index (χ3v) is 2.61. The maximum atomic E-state index is 9.48. The van der Waals surface area contributed by atoms with Gasteiger partial charge in [0.25, 0.3) is 0 Å². The Morgan fingerprint density at radius 3 is 3.08 bits per heavy atom. The first-order valence-corrected chi connectivity index (χ1v) is 4.24. The van der Waals surface area contributed by atoms with Gasteiger partial charge in [0.15, 0.2) is 11.6 Å². The lowest BCUT2D eigenvalue weighted by Crippen LogP contribution is -2.07. The number of hydrogen-bond donors (Lipinski definition) is 2. The molecule has 2 aromatic heterocycles. The second kappa shape index (κ2) is 2.31. The van der Waals surface area contributed by atoms with Gasteiger partial charge in [0.2, 0.25) is 0 Å². The average molecular weight is 184 g/mol. The molecule has 2 heterocycles. The zero-order valence-electron chi connectivity index (χ0n) is 6.44. The molecule has 12 heavy (non-hydrogen) atoms. The topological polar surface area (TPSA) is 60.4 Å². The van der Waals surface area contributed by atoms with Crippen LogP contribution in [0.3, 0.4) is 0 Å². The van der Waals surface area contributed by atoms with Crippen molar-refractivity contribution in [3.63, 3.8) is 0 Å². The summed E-state index contributed by atoms with van der Waals surface area (Å²) in [5.41, 5.74) is 5.56. The van der Waals surface area contributed by atoms with Gasteiger partial charge < -0.3 is 15.7 Å². The standard InChI is InChI=1S/C7H8N2O2S/c1-11-9-6(8)5(10)4-2-3-12-7(4)9/h2-3,10H,8H2,1H3. The molecule has 0 aromatic carbocycles. The fourth-order valence-corrected chi connectivity index (χ4v) is 2.06. The van der Waals surface area contributed by atoms with Crippen molar-refractivity contribution in [1.82, 2.24) is 4.73 Å². The van der Waals surface area contributed by atoms with Crippen molar-refractivity contribution in [2.75, 3.05) is 12.8 Å². The fraction of sp³-hybridized carbons (Fsp3) is 0.143. The summed E-state index contributed by atoms with van der Waals surface area (Å²) in [6.07, 6.45) is 0. The van der Waals surface area contributed by atoms with Gasteiger partial charge in [-0.3, -0.25) is 0 Å². The van der Waals surface area contributed by atoms with Gasteiger partial charge in [-0.05, 0) is 11.4 Å². The van der Waals surface area contributed by atoms with Crippen molar-refractivity contribution >= 4 is 27.4 Å². The number of anilines is 1. The molecule has 0 spiro atoms. The Morgan fingerprint density at radius 1 is 1.67 bits per heavy atom. The highest BCUT2D eigenvalue weighted by molar-refractivity contribution is 7.16. The zero-order chi connectivity index (χ0) is 8.72. The molecular formula is C7H8N2O2S. The molecule has 64 valence electrons. The summed E-state index contributed by atoms with van der Waals surface area (Å²) in [6, 6.07) is 1.81. The van der Waals surface area contributed by atoms with Crippen LogP contribution in [0.15, 0.2) is 11.4 Å². The highest BCUT2D eigenvalue weighted by Crippen LogP contribution is 2.36. The van der Waals surface area contributed by atoms with Crippen LogP contribution in [-0.2, 0) is 0 Å². The fourth-order valence-electron chi connectivity index (χ4n) is 1.16. The van der Waals surface area contributed by atoms with E-state index in [2.05, 4.69) is 0 Å². The number of aromatic nitrogens is 1. The molecule has 4 nitrogen and oxygen atoms in total. The summed E-state index contributed by atoms with van der Waals surface area (Å²) < 4.78 is 1.41. The maximum Gasteiger partial charge on any atom is 0.184 e. The maximum absolute atomic E-state index is 9.48. The molecular weight excluding hydrogens is 176 g/mol. The lowest BCUT2D eigenvalue weighted by Gasteiger charge is -2.01. The number of aromatic hydroxyl groups is 1. The van der Waals surface area contributed by atoms with Gasteiger partial charge in [0, 0.05) is 0 Å². The quantitative estimate of drug-likeness (QED) is 0.696. The summed E-state index contributed by atoms with van der Waals surface area (Å²) in [5, 5.41) is 12.1. The highest BCUT2D eigenvalue weighted by atomic mass is 32.1. The van der Waals surface area contributed by atoms with E-state index in [0.29, 0.717) is 0 Å². The molecule has 0 aliphatic rings. The van der Waals surface area contributed by atoms with E-state index in [9.17, 15) is 5.11 Å². The minimum absolute atomic E-state index is 0.0908. The Labute approximate surface area is 72.7 Å². The Hall–Kier alpha value is -1.36. The Kier molecular flexibility index (Phi) is 1.41. The van der Waals surface area contributed by atoms with Crippen molar-refractivity contribution in [2.45, 2.75) is 0 Å². The highest BCUT2D eigenvalue weighted by Gasteiger charge is 2.14. The van der Waals surface area contributed by atoms with E-state index in [-0.39, 0.29) is 11.6 Å². The summed E-state index contributed by atoms with van der Waals surface area (Å²) >= 11 is 1.47. The van der Waals surface area contributed by atoms with Crippen molar-refractivity contribution in [1.29, 1.82) is 0 Å². The molecule has 0 aliphatic carbocycles. The molecule has 0 radical (unpaired) electrons. The van der Waals surface area contributed by atoms with E-state index in [1.807, 2.05) is 5.38 Å². The first-order valence-electron chi connectivity index (χ1n) is 3.36. The predicted molar refractivity (Wildman–Crippen MR) is 48.4 cm³/mol. The van der Waals surface area contributed by atoms with Gasteiger partial charge in [-0.25, -0.2) is 0 Å². The molecule has 5 heteroatoms. The molecule has 0 bridgehead atoms. The Morgan fingerprint density at radius 2 is 2.42 bits per heavy atom. The van der Waals surface area contributed by atoms with Crippen molar-refractivity contribution in [3.05, 3.63) is 11.4 Å². The van der Waals surface area contributed by atoms with Crippen LogP contribution in [0.25, 0.3) is 10.2 Å². The number of rotatable bonds is 1. The number of fused-ring (bicyclic) bond motifs is 1. The van der Waals surface area contributed by atoms with Crippen LogP contribution in [0.2, 0.25) is 0 Å². The normalized spacial score (nSPS) is 10.8. The van der Waals surface area contributed by atoms with E-state index < -0.39 is 0 Å². The molecule has 2 aromatic rings. The number of nitrogens with zero attached hydrogens (tertiary/aromatic N) is 1. The minimum Gasteiger partial charge on any atom is -0.504 e. The van der Waals surface area contributed by atoms with Gasteiger partial charge in [-0.1, -0.05) is 0 Å². The second-order valence-corrected chi connectivity index (χ2v) is 3.24. The Balaban J connectivity index is 2.88. The van der Waals surface area contributed by atoms with E-state index in [1.54, 1.807) is 6.07 Å². The van der Waals surface area contributed by atoms with Crippen LogP contribution < -0.4 is 10.6 Å². The first-order chi connectivity index (χ1) is 5.75. The molecule has 2 rings (SSSR count). The van der Waals surface area contributed by atoms with Crippen LogP contribution in [0.4, 0.5) is 5.82 Å². The van der Waals surface area contributed by atoms with Gasteiger partial charge in [-0.2, -0.15) is 4.73 Å². The number of nitrogens with two attached hydrogens (primary N) is 1. The van der Waals surface area contributed by atoms with Crippen molar-refractivity contribution < 1.29 is 9.94 Å². The third-order valence-electron chi connectivity index (χ3n) is 1.73. The van der Waals surface area contributed by atoms with Crippen LogP contribution >= 0.6 is 11.3 Å². The summed E-state index contributed by atoms with van der Waals surface area (Å²) in [6.45, 7) is 0. The van der Waals surface area contributed by atoms with Crippen LogP contribution in [-0.4, -0.2) is 16.9 Å². The molecule has 0 amide bonds. The molecule has 0 atom stereocenters. The van der Waals surface area contributed by atoms with Gasteiger partial charge in [0.05, 0.1) is 5.39 Å². The summed E-state index contributed by atoms with van der Waals surface area (Å²) in [7, 11) is 1.51. The van der Waals surface area contributed by atoms with Gasteiger partial charge >= 0.3 is 0 Å². The molecule has 0 aliphatic heterocycles. The average Bonchev–Trinajstić information content (AvgIpc) is 2.59. The predicted octanol–water partition coefficient (Wildman–Crippen LogP) is 1.05. The summed E-state index contributed by atoms with van der Waals surface area (Å²) in [5.74, 6) is 0.340. The number of thiophene rings is 1. The van der Waals surface area contributed by atoms with E-state index >= 15 is 0 Å².